The maximum Gasteiger partial charge on any atom is 0.337 e. The van der Waals surface area contributed by atoms with Crippen molar-refractivity contribution in [2.45, 2.75) is 50.1 Å². The molecular weight excluding hydrogens is 462 g/mol. The minimum Gasteiger partial charge on any atom is -0.465 e. The lowest BCUT2D eigenvalue weighted by Crippen LogP contribution is -2.42. The van der Waals surface area contributed by atoms with E-state index in [1.165, 1.54) is 18.9 Å². The van der Waals surface area contributed by atoms with Gasteiger partial charge in [-0.3, -0.25) is 14.2 Å². The number of carbonyl (C=O) groups excluding carboxylic acids is 2. The molecule has 8 heteroatoms. The molecule has 1 aliphatic rings. The summed E-state index contributed by atoms with van der Waals surface area (Å²) in [6.45, 7) is 6.05. The van der Waals surface area contributed by atoms with Crippen molar-refractivity contribution >= 4 is 34.5 Å². The number of aromatic nitrogens is 2. The van der Waals surface area contributed by atoms with Crippen molar-refractivity contribution in [3.05, 3.63) is 70.0 Å². The summed E-state index contributed by atoms with van der Waals surface area (Å²) in [5.74, 6) is 0.213. The zero-order valence-corrected chi connectivity index (χ0v) is 21.2. The van der Waals surface area contributed by atoms with Crippen LogP contribution in [-0.4, -0.2) is 51.8 Å². The van der Waals surface area contributed by atoms with Crippen LogP contribution in [0.4, 0.5) is 0 Å². The number of piperidine rings is 1. The van der Waals surface area contributed by atoms with Gasteiger partial charge >= 0.3 is 5.97 Å². The van der Waals surface area contributed by atoms with Crippen LogP contribution in [0.3, 0.4) is 0 Å². The Morgan fingerprint density at radius 3 is 2.54 bits per heavy atom. The monoisotopic (exact) mass is 493 g/mol. The summed E-state index contributed by atoms with van der Waals surface area (Å²) < 4.78 is 6.47. The third kappa shape index (κ3) is 5.75. The molecule has 0 bridgehead atoms. The second-order valence-electron chi connectivity index (χ2n) is 9.08. The summed E-state index contributed by atoms with van der Waals surface area (Å²) in [6, 6.07) is 14.7. The highest BCUT2D eigenvalue weighted by atomic mass is 32.2. The van der Waals surface area contributed by atoms with Gasteiger partial charge in [0.25, 0.3) is 5.56 Å². The van der Waals surface area contributed by atoms with Gasteiger partial charge in [0.05, 0.1) is 28.8 Å². The SMILES string of the molecule is COC(=O)c1ccc2c(=O)n(CCc3ccccc3)c(SC(C)C(=O)N3CCC(C)CC3)nc2c1. The molecule has 1 amide bonds. The molecule has 184 valence electrons. The van der Waals surface area contributed by atoms with E-state index in [1.807, 2.05) is 42.2 Å². The van der Waals surface area contributed by atoms with E-state index in [9.17, 15) is 14.4 Å². The van der Waals surface area contributed by atoms with Gasteiger partial charge in [-0.1, -0.05) is 49.0 Å². The van der Waals surface area contributed by atoms with Gasteiger partial charge in [0, 0.05) is 19.6 Å². The molecule has 35 heavy (non-hydrogen) atoms. The molecule has 2 heterocycles. The molecule has 1 aromatic heterocycles. The third-order valence-electron chi connectivity index (χ3n) is 6.53. The normalized spacial score (nSPS) is 15.2. The Kier molecular flexibility index (Phi) is 7.90. The second kappa shape index (κ2) is 11.1. The average molecular weight is 494 g/mol. The minimum absolute atomic E-state index is 0.0640. The van der Waals surface area contributed by atoms with Gasteiger partial charge in [-0.25, -0.2) is 9.78 Å². The van der Waals surface area contributed by atoms with E-state index in [1.54, 1.807) is 22.8 Å². The van der Waals surface area contributed by atoms with Gasteiger partial charge in [-0.15, -0.1) is 0 Å². The molecule has 0 N–H and O–H groups in total. The first-order valence-electron chi connectivity index (χ1n) is 12.0. The Bertz CT molecular complexity index is 1270. The van der Waals surface area contributed by atoms with Crippen LogP contribution in [0.5, 0.6) is 0 Å². The predicted octanol–water partition coefficient (Wildman–Crippen LogP) is 4.16. The van der Waals surface area contributed by atoms with Crippen molar-refractivity contribution in [3.8, 4) is 0 Å². The molecule has 3 aromatic rings. The Hall–Kier alpha value is -3.13. The number of ether oxygens (including phenoxy) is 1. The lowest BCUT2D eigenvalue weighted by atomic mass is 9.99. The van der Waals surface area contributed by atoms with E-state index in [0.717, 1.165) is 31.5 Å². The maximum absolute atomic E-state index is 13.5. The van der Waals surface area contributed by atoms with Crippen molar-refractivity contribution in [3.63, 3.8) is 0 Å². The molecule has 0 saturated carbocycles. The van der Waals surface area contributed by atoms with Gasteiger partial charge in [0.1, 0.15) is 0 Å². The van der Waals surface area contributed by atoms with E-state index in [2.05, 4.69) is 6.92 Å². The van der Waals surface area contributed by atoms with Crippen molar-refractivity contribution in [1.82, 2.24) is 14.5 Å². The van der Waals surface area contributed by atoms with Crippen LogP contribution in [0, 0.1) is 5.92 Å². The molecule has 1 atom stereocenters. The van der Waals surface area contributed by atoms with E-state index in [0.29, 0.717) is 40.5 Å². The highest BCUT2D eigenvalue weighted by Gasteiger charge is 2.27. The second-order valence-corrected chi connectivity index (χ2v) is 10.4. The first kappa shape index (κ1) is 25.0. The average Bonchev–Trinajstić information content (AvgIpc) is 2.88. The summed E-state index contributed by atoms with van der Waals surface area (Å²) in [6.07, 6.45) is 2.68. The van der Waals surface area contributed by atoms with Crippen LogP contribution in [0.15, 0.2) is 58.5 Å². The summed E-state index contributed by atoms with van der Waals surface area (Å²) in [4.78, 5) is 45.4. The molecule has 1 aliphatic heterocycles. The Balaban J connectivity index is 1.67. The number of methoxy groups -OCH3 is 1. The lowest BCUT2D eigenvalue weighted by molar-refractivity contribution is -0.131. The van der Waals surface area contributed by atoms with Crippen molar-refractivity contribution in [2.75, 3.05) is 20.2 Å². The lowest BCUT2D eigenvalue weighted by Gasteiger charge is -2.32. The molecule has 4 rings (SSSR count). The zero-order chi connectivity index (χ0) is 24.9. The molecule has 0 aliphatic carbocycles. The van der Waals surface area contributed by atoms with E-state index < -0.39 is 5.97 Å². The number of thioether (sulfide) groups is 1. The van der Waals surface area contributed by atoms with Crippen molar-refractivity contribution in [1.29, 1.82) is 0 Å². The van der Waals surface area contributed by atoms with E-state index in [4.69, 9.17) is 9.72 Å². The molecule has 1 fully saturated rings. The largest absolute Gasteiger partial charge is 0.465 e. The van der Waals surface area contributed by atoms with Gasteiger partial charge in [-0.2, -0.15) is 0 Å². The van der Waals surface area contributed by atoms with E-state index in [-0.39, 0.29) is 16.7 Å². The minimum atomic E-state index is -0.487. The number of likely N-dealkylation sites (tertiary alicyclic amines) is 1. The van der Waals surface area contributed by atoms with Gasteiger partial charge in [0.15, 0.2) is 5.16 Å². The molecule has 2 aromatic carbocycles. The first-order valence-corrected chi connectivity index (χ1v) is 12.9. The van der Waals surface area contributed by atoms with Crippen LogP contribution >= 0.6 is 11.8 Å². The highest BCUT2D eigenvalue weighted by Crippen LogP contribution is 2.26. The number of rotatable bonds is 7. The topological polar surface area (TPSA) is 81.5 Å². The van der Waals surface area contributed by atoms with Crippen LogP contribution in [0.25, 0.3) is 10.9 Å². The molecule has 0 spiro atoms. The standard InChI is InChI=1S/C27H31N3O4S/c1-18-11-14-29(15-12-18)24(31)19(2)35-27-28-23-17-21(26(33)34-3)9-10-22(23)25(32)30(27)16-13-20-7-5-4-6-8-20/h4-10,17-19H,11-16H2,1-3H3. The molecule has 1 saturated heterocycles. The summed E-state index contributed by atoms with van der Waals surface area (Å²) in [5, 5.41) is 0.519. The van der Waals surface area contributed by atoms with Crippen LogP contribution in [0.1, 0.15) is 42.6 Å². The first-order chi connectivity index (χ1) is 16.9. The van der Waals surface area contributed by atoms with Crippen LogP contribution < -0.4 is 5.56 Å². The summed E-state index contributed by atoms with van der Waals surface area (Å²) >= 11 is 1.30. The quantitative estimate of drug-likeness (QED) is 0.279. The molecule has 7 nitrogen and oxygen atoms in total. The van der Waals surface area contributed by atoms with Crippen LogP contribution in [0.2, 0.25) is 0 Å². The van der Waals surface area contributed by atoms with Crippen molar-refractivity contribution in [2.24, 2.45) is 5.92 Å². The zero-order valence-electron chi connectivity index (χ0n) is 20.4. The number of hydrogen-bond acceptors (Lipinski definition) is 6. The Labute approximate surface area is 209 Å². The van der Waals surface area contributed by atoms with Gasteiger partial charge in [0.2, 0.25) is 5.91 Å². The smallest absolute Gasteiger partial charge is 0.337 e. The fraction of sp³-hybridized carbons (Fsp3) is 0.407. The fourth-order valence-corrected chi connectivity index (χ4v) is 5.33. The number of amides is 1. The molecule has 0 radical (unpaired) electrons. The van der Waals surface area contributed by atoms with Gasteiger partial charge < -0.3 is 9.64 Å². The number of nitrogens with zero attached hydrogens (tertiary/aromatic N) is 3. The predicted molar refractivity (Wildman–Crippen MR) is 138 cm³/mol. The van der Waals surface area contributed by atoms with Crippen molar-refractivity contribution < 1.29 is 14.3 Å². The summed E-state index contributed by atoms with van der Waals surface area (Å²) in [7, 11) is 1.32. The number of benzene rings is 2. The highest BCUT2D eigenvalue weighted by molar-refractivity contribution is 8.00. The Morgan fingerprint density at radius 1 is 1.14 bits per heavy atom. The summed E-state index contributed by atoms with van der Waals surface area (Å²) in [5.41, 5.74) is 1.68. The van der Waals surface area contributed by atoms with E-state index >= 15 is 0 Å². The number of aryl methyl sites for hydroxylation is 1. The molecular formula is C27H31N3O4S. The maximum atomic E-state index is 13.5. The fourth-order valence-electron chi connectivity index (χ4n) is 4.31. The van der Waals surface area contributed by atoms with Gasteiger partial charge in [-0.05, 0) is 55.9 Å². The molecule has 1 unspecified atom stereocenters. The number of fused-ring (bicyclic) bond motifs is 1. The number of esters is 1. The number of hydrogen-bond donors (Lipinski definition) is 0. The third-order valence-corrected chi connectivity index (χ3v) is 7.61. The number of carbonyl (C=O) groups is 2. The Morgan fingerprint density at radius 2 is 1.86 bits per heavy atom. The van der Waals surface area contributed by atoms with Crippen LogP contribution in [-0.2, 0) is 22.5 Å².